The number of aromatic nitrogens is 4. The molecule has 150 valence electrons. The number of nitrogens with one attached hydrogen (secondary N) is 2. The second-order valence-electron chi connectivity index (χ2n) is 7.77. The van der Waals surface area contributed by atoms with E-state index in [0.717, 1.165) is 44.9 Å². The van der Waals surface area contributed by atoms with E-state index in [-0.39, 0.29) is 12.0 Å². The quantitative estimate of drug-likeness (QED) is 0.463. The van der Waals surface area contributed by atoms with Gasteiger partial charge < -0.3 is 15.4 Å². The molecular weight excluding hydrogens is 378 g/mol. The van der Waals surface area contributed by atoms with Crippen LogP contribution >= 0.6 is 0 Å². The average molecular weight is 399 g/mol. The highest BCUT2D eigenvalue weighted by Gasteiger charge is 2.34. The molecule has 1 saturated carbocycles. The molecule has 3 aromatic heterocycles. The minimum Gasteiger partial charge on any atom is -0.481 e. The zero-order valence-corrected chi connectivity index (χ0v) is 16.5. The molecule has 7 nitrogen and oxygen atoms in total. The highest BCUT2D eigenvalue weighted by molar-refractivity contribution is 5.88. The van der Waals surface area contributed by atoms with Gasteiger partial charge in [-0.2, -0.15) is 0 Å². The van der Waals surface area contributed by atoms with Crippen LogP contribution in [0.3, 0.4) is 0 Å². The van der Waals surface area contributed by atoms with E-state index in [2.05, 4.69) is 37.4 Å². The van der Waals surface area contributed by atoms with E-state index in [1.807, 2.05) is 37.3 Å². The van der Waals surface area contributed by atoms with Gasteiger partial charge in [0, 0.05) is 22.7 Å². The summed E-state index contributed by atoms with van der Waals surface area (Å²) in [6.45, 7) is 1.97. The Bertz CT molecular complexity index is 1240. The fraction of sp³-hybridized carbons (Fsp3) is 0.217. The van der Waals surface area contributed by atoms with Gasteiger partial charge in [0.2, 0.25) is 0 Å². The van der Waals surface area contributed by atoms with E-state index in [1.54, 1.807) is 12.5 Å². The average Bonchev–Trinajstić information content (AvgIpc) is 3.19. The Morgan fingerprint density at radius 1 is 1.17 bits per heavy atom. The van der Waals surface area contributed by atoms with Gasteiger partial charge in [-0.15, -0.1) is 0 Å². The van der Waals surface area contributed by atoms with Crippen molar-refractivity contribution in [3.8, 4) is 22.6 Å². The molecule has 4 aromatic rings. The number of nitrogens with zero attached hydrogens (tertiary/aromatic N) is 3. The third-order valence-electron chi connectivity index (χ3n) is 5.60. The van der Waals surface area contributed by atoms with Crippen molar-refractivity contribution < 1.29 is 9.90 Å². The summed E-state index contributed by atoms with van der Waals surface area (Å²) in [5, 5.41) is 13.4. The summed E-state index contributed by atoms with van der Waals surface area (Å²) in [7, 11) is 0. The Hall–Kier alpha value is -3.74. The molecule has 0 bridgehead atoms. The lowest BCUT2D eigenvalue weighted by atomic mass is 9.80. The molecule has 1 aliphatic carbocycles. The number of hydrogen-bond donors (Lipinski definition) is 3. The summed E-state index contributed by atoms with van der Waals surface area (Å²) in [5.74, 6) is -0.955. The normalized spacial score (nSPS) is 18.2. The molecule has 30 heavy (non-hydrogen) atoms. The molecular formula is C23H21N5O2. The van der Waals surface area contributed by atoms with Crippen LogP contribution in [0.15, 0.2) is 55.0 Å². The smallest absolute Gasteiger partial charge is 0.306 e. The van der Waals surface area contributed by atoms with Crippen LogP contribution in [0.5, 0.6) is 0 Å². The van der Waals surface area contributed by atoms with Crippen LogP contribution < -0.4 is 5.32 Å². The van der Waals surface area contributed by atoms with Gasteiger partial charge in [0.15, 0.2) is 0 Å². The Labute approximate surface area is 173 Å². The van der Waals surface area contributed by atoms with Gasteiger partial charge in [-0.05, 0) is 50.1 Å². The molecule has 0 unspecified atom stereocenters. The predicted octanol–water partition coefficient (Wildman–Crippen LogP) is 4.27. The van der Waals surface area contributed by atoms with Crippen molar-refractivity contribution in [1.29, 1.82) is 0 Å². The van der Waals surface area contributed by atoms with Gasteiger partial charge in [-0.25, -0.2) is 4.98 Å². The fourth-order valence-corrected chi connectivity index (χ4v) is 3.92. The number of aryl methyl sites for hydroxylation is 1. The molecule has 1 aliphatic rings. The molecule has 0 saturated heterocycles. The lowest BCUT2D eigenvalue weighted by Crippen LogP contribution is -2.39. The standard InChI is InChI=1S/C23H21N5O2/c1-13-3-2-4-20(27-13)22-21(25-12-26-22)14-5-6-19-15(7-14)8-18(11-24-19)28-17-9-16(10-17)23(29)30/h2-8,11-12,16-17,28H,9-10H2,1H3,(H,25,26)(H,29,30). The number of imidazole rings is 1. The van der Waals surface area contributed by atoms with Crippen LogP contribution in [-0.4, -0.2) is 37.1 Å². The molecule has 3 heterocycles. The van der Waals surface area contributed by atoms with E-state index in [0.29, 0.717) is 12.8 Å². The van der Waals surface area contributed by atoms with Gasteiger partial charge in [0.05, 0.1) is 46.7 Å². The Balaban J connectivity index is 1.44. The molecule has 0 aliphatic heterocycles. The van der Waals surface area contributed by atoms with E-state index >= 15 is 0 Å². The Kier molecular flexibility index (Phi) is 4.43. The maximum Gasteiger partial charge on any atom is 0.306 e. The molecule has 7 heteroatoms. The number of carboxylic acids is 1. The summed E-state index contributed by atoms with van der Waals surface area (Å²) in [6.07, 6.45) is 4.78. The number of anilines is 1. The fourth-order valence-electron chi connectivity index (χ4n) is 3.92. The lowest BCUT2D eigenvalue weighted by Gasteiger charge is -2.33. The molecule has 0 amide bonds. The highest BCUT2D eigenvalue weighted by atomic mass is 16.4. The van der Waals surface area contributed by atoms with Crippen LogP contribution in [0.1, 0.15) is 18.5 Å². The third-order valence-corrected chi connectivity index (χ3v) is 5.60. The topological polar surface area (TPSA) is 104 Å². The van der Waals surface area contributed by atoms with Crippen molar-refractivity contribution in [3.63, 3.8) is 0 Å². The maximum absolute atomic E-state index is 11.0. The van der Waals surface area contributed by atoms with E-state index < -0.39 is 5.97 Å². The highest BCUT2D eigenvalue weighted by Crippen LogP contribution is 2.33. The number of carbonyl (C=O) groups is 1. The number of aromatic amines is 1. The second-order valence-corrected chi connectivity index (χ2v) is 7.77. The summed E-state index contributed by atoms with van der Waals surface area (Å²) in [5.41, 5.74) is 6.31. The summed E-state index contributed by atoms with van der Waals surface area (Å²) in [6, 6.07) is 14.2. The first-order chi connectivity index (χ1) is 14.6. The van der Waals surface area contributed by atoms with Crippen molar-refractivity contribution in [1.82, 2.24) is 19.9 Å². The lowest BCUT2D eigenvalue weighted by molar-refractivity contribution is -0.144. The summed E-state index contributed by atoms with van der Waals surface area (Å²) < 4.78 is 0. The van der Waals surface area contributed by atoms with Crippen LogP contribution in [0.2, 0.25) is 0 Å². The first-order valence-electron chi connectivity index (χ1n) is 9.94. The van der Waals surface area contributed by atoms with Crippen molar-refractivity contribution in [2.45, 2.75) is 25.8 Å². The van der Waals surface area contributed by atoms with Gasteiger partial charge in [-0.1, -0.05) is 12.1 Å². The minimum atomic E-state index is -0.716. The number of aliphatic carboxylic acids is 1. The number of H-pyrrole nitrogens is 1. The van der Waals surface area contributed by atoms with E-state index in [9.17, 15) is 4.79 Å². The Morgan fingerprint density at radius 3 is 2.83 bits per heavy atom. The second kappa shape index (κ2) is 7.26. The van der Waals surface area contributed by atoms with Gasteiger partial charge in [0.1, 0.15) is 0 Å². The zero-order valence-electron chi connectivity index (χ0n) is 16.5. The number of benzene rings is 1. The molecule has 3 N–H and O–H groups in total. The van der Waals surface area contributed by atoms with E-state index in [1.165, 1.54) is 0 Å². The SMILES string of the molecule is Cc1cccc(-c2[nH]cnc2-c2ccc3ncc(NC4CC(C(=O)O)C4)cc3c2)n1. The monoisotopic (exact) mass is 399 g/mol. The van der Waals surface area contributed by atoms with Crippen molar-refractivity contribution >= 4 is 22.6 Å². The molecule has 0 radical (unpaired) electrons. The molecule has 0 spiro atoms. The van der Waals surface area contributed by atoms with Crippen LogP contribution in [0.4, 0.5) is 5.69 Å². The number of fused-ring (bicyclic) bond motifs is 1. The number of carboxylic acid groups (broad SMARTS) is 1. The van der Waals surface area contributed by atoms with Crippen LogP contribution in [0, 0.1) is 12.8 Å². The molecule has 1 aromatic carbocycles. The van der Waals surface area contributed by atoms with Crippen molar-refractivity contribution in [3.05, 3.63) is 60.7 Å². The molecule has 5 rings (SSSR count). The predicted molar refractivity (Wildman–Crippen MR) is 115 cm³/mol. The van der Waals surface area contributed by atoms with Crippen molar-refractivity contribution in [2.75, 3.05) is 5.32 Å². The Morgan fingerprint density at radius 2 is 2.03 bits per heavy atom. The number of rotatable bonds is 5. The first-order valence-corrected chi connectivity index (χ1v) is 9.94. The van der Waals surface area contributed by atoms with Crippen molar-refractivity contribution in [2.24, 2.45) is 5.92 Å². The van der Waals surface area contributed by atoms with Gasteiger partial charge >= 0.3 is 5.97 Å². The zero-order chi connectivity index (χ0) is 20.7. The number of pyridine rings is 2. The van der Waals surface area contributed by atoms with Gasteiger partial charge in [0.25, 0.3) is 0 Å². The van der Waals surface area contributed by atoms with Crippen LogP contribution in [-0.2, 0) is 4.79 Å². The summed E-state index contributed by atoms with van der Waals surface area (Å²) in [4.78, 5) is 27.9. The summed E-state index contributed by atoms with van der Waals surface area (Å²) >= 11 is 0. The molecule has 0 atom stereocenters. The van der Waals surface area contributed by atoms with E-state index in [4.69, 9.17) is 5.11 Å². The molecule has 1 fully saturated rings. The maximum atomic E-state index is 11.0. The largest absolute Gasteiger partial charge is 0.481 e. The third kappa shape index (κ3) is 3.39. The van der Waals surface area contributed by atoms with Gasteiger partial charge in [-0.3, -0.25) is 14.8 Å². The number of hydrogen-bond acceptors (Lipinski definition) is 5. The minimum absolute atomic E-state index is 0.180. The first kappa shape index (κ1) is 18.3. The van der Waals surface area contributed by atoms with Crippen LogP contribution in [0.25, 0.3) is 33.5 Å².